The summed E-state index contributed by atoms with van der Waals surface area (Å²) in [5.41, 5.74) is -0.560. The lowest BCUT2D eigenvalue weighted by atomic mass is 10.2. The molecule has 0 heterocycles. The summed E-state index contributed by atoms with van der Waals surface area (Å²) in [5, 5.41) is 4.80. The SMILES string of the molecule is COC(=O)N[C@@H](C)NC(=O)OC(C)(C)C. The molecule has 0 radical (unpaired) electrons. The van der Waals surface area contributed by atoms with Crippen molar-refractivity contribution in [2.24, 2.45) is 0 Å². The van der Waals surface area contributed by atoms with Crippen LogP contribution in [0.15, 0.2) is 0 Å². The van der Waals surface area contributed by atoms with E-state index in [4.69, 9.17) is 4.74 Å². The number of alkyl carbamates (subject to hydrolysis) is 2. The van der Waals surface area contributed by atoms with Crippen molar-refractivity contribution in [3.8, 4) is 0 Å². The van der Waals surface area contributed by atoms with Gasteiger partial charge in [0.05, 0.1) is 7.11 Å². The largest absolute Gasteiger partial charge is 0.453 e. The molecule has 0 aromatic rings. The second-order valence-electron chi connectivity index (χ2n) is 4.00. The molecule has 0 spiro atoms. The van der Waals surface area contributed by atoms with E-state index in [9.17, 15) is 9.59 Å². The zero-order chi connectivity index (χ0) is 12.1. The second kappa shape index (κ2) is 5.43. The molecule has 0 aliphatic heterocycles. The highest BCUT2D eigenvalue weighted by Crippen LogP contribution is 2.06. The van der Waals surface area contributed by atoms with Crippen LogP contribution >= 0.6 is 0 Å². The monoisotopic (exact) mass is 218 g/mol. The summed E-state index contributed by atoms with van der Waals surface area (Å²) in [7, 11) is 1.25. The maximum absolute atomic E-state index is 11.2. The molecular weight excluding hydrogens is 200 g/mol. The van der Waals surface area contributed by atoms with Gasteiger partial charge in [-0.05, 0) is 27.7 Å². The van der Waals surface area contributed by atoms with Crippen molar-refractivity contribution in [1.29, 1.82) is 0 Å². The zero-order valence-corrected chi connectivity index (χ0v) is 9.71. The van der Waals surface area contributed by atoms with Crippen molar-refractivity contribution in [2.75, 3.05) is 7.11 Å². The maximum Gasteiger partial charge on any atom is 0.409 e. The molecule has 15 heavy (non-hydrogen) atoms. The summed E-state index contributed by atoms with van der Waals surface area (Å²) in [6.45, 7) is 6.86. The Balaban J connectivity index is 3.92. The van der Waals surface area contributed by atoms with Crippen molar-refractivity contribution in [3.63, 3.8) is 0 Å². The molecule has 0 aliphatic rings. The van der Waals surface area contributed by atoms with Gasteiger partial charge in [0, 0.05) is 0 Å². The molecule has 0 aromatic carbocycles. The van der Waals surface area contributed by atoms with Gasteiger partial charge in [0.2, 0.25) is 0 Å². The van der Waals surface area contributed by atoms with Gasteiger partial charge in [-0.15, -0.1) is 0 Å². The van der Waals surface area contributed by atoms with E-state index in [1.165, 1.54) is 7.11 Å². The average molecular weight is 218 g/mol. The van der Waals surface area contributed by atoms with Gasteiger partial charge in [-0.1, -0.05) is 0 Å². The molecule has 0 fully saturated rings. The molecule has 6 heteroatoms. The fourth-order valence-electron chi connectivity index (χ4n) is 0.756. The highest BCUT2D eigenvalue weighted by molar-refractivity contribution is 5.70. The minimum absolute atomic E-state index is 0.549. The van der Waals surface area contributed by atoms with Gasteiger partial charge in [-0.3, -0.25) is 0 Å². The number of methoxy groups -OCH3 is 1. The first kappa shape index (κ1) is 13.5. The van der Waals surface area contributed by atoms with Crippen LogP contribution in [-0.2, 0) is 9.47 Å². The Morgan fingerprint density at radius 2 is 1.60 bits per heavy atom. The number of nitrogens with one attached hydrogen (secondary N) is 2. The highest BCUT2D eigenvalue weighted by atomic mass is 16.6. The standard InChI is InChI=1S/C9H18N2O4/c1-6(10-7(12)14-5)11-8(13)15-9(2,3)4/h6H,1-5H3,(H,10,12)(H,11,13)/t6-/m1/s1. The minimum Gasteiger partial charge on any atom is -0.453 e. The van der Waals surface area contributed by atoms with Crippen molar-refractivity contribution < 1.29 is 19.1 Å². The third-order valence-electron chi connectivity index (χ3n) is 1.25. The molecule has 0 unspecified atom stereocenters. The van der Waals surface area contributed by atoms with Crippen LogP contribution in [0.5, 0.6) is 0 Å². The van der Waals surface area contributed by atoms with E-state index in [1.54, 1.807) is 27.7 Å². The smallest absolute Gasteiger partial charge is 0.409 e. The third kappa shape index (κ3) is 7.60. The van der Waals surface area contributed by atoms with E-state index >= 15 is 0 Å². The number of rotatable bonds is 2. The predicted molar refractivity (Wildman–Crippen MR) is 54.4 cm³/mol. The Kier molecular flexibility index (Phi) is 4.90. The maximum atomic E-state index is 11.2. The molecule has 88 valence electrons. The molecular formula is C9H18N2O4. The summed E-state index contributed by atoms with van der Waals surface area (Å²) in [6.07, 6.45) is -1.75. The van der Waals surface area contributed by atoms with Gasteiger partial charge in [0.15, 0.2) is 0 Å². The molecule has 2 amide bonds. The van der Waals surface area contributed by atoms with E-state index in [2.05, 4.69) is 15.4 Å². The van der Waals surface area contributed by atoms with Crippen LogP contribution in [0.4, 0.5) is 9.59 Å². The topological polar surface area (TPSA) is 76.7 Å². The Morgan fingerprint density at radius 1 is 1.13 bits per heavy atom. The number of ether oxygens (including phenoxy) is 2. The Bertz CT molecular complexity index is 235. The van der Waals surface area contributed by atoms with Crippen LogP contribution in [-0.4, -0.2) is 31.1 Å². The number of amides is 2. The molecule has 0 saturated heterocycles. The fraction of sp³-hybridized carbons (Fsp3) is 0.778. The summed E-state index contributed by atoms with van der Waals surface area (Å²) in [4.78, 5) is 22.0. The second-order valence-corrected chi connectivity index (χ2v) is 4.00. The van der Waals surface area contributed by atoms with E-state index in [0.717, 1.165) is 0 Å². The highest BCUT2D eigenvalue weighted by Gasteiger charge is 2.18. The lowest BCUT2D eigenvalue weighted by molar-refractivity contribution is 0.0500. The molecule has 0 aliphatic carbocycles. The van der Waals surface area contributed by atoms with Gasteiger partial charge < -0.3 is 20.1 Å². The lowest BCUT2D eigenvalue weighted by Crippen LogP contribution is -2.47. The van der Waals surface area contributed by atoms with Crippen LogP contribution in [0.2, 0.25) is 0 Å². The molecule has 0 bridgehead atoms. The number of hydrogen-bond acceptors (Lipinski definition) is 4. The predicted octanol–water partition coefficient (Wildman–Crippen LogP) is 1.21. The van der Waals surface area contributed by atoms with Crippen molar-refractivity contribution in [2.45, 2.75) is 39.5 Å². The summed E-state index contributed by atoms with van der Waals surface area (Å²) < 4.78 is 9.34. The lowest BCUT2D eigenvalue weighted by Gasteiger charge is -2.22. The summed E-state index contributed by atoms with van der Waals surface area (Å²) in [6, 6.07) is 0. The zero-order valence-electron chi connectivity index (χ0n) is 9.71. The molecule has 1 atom stereocenters. The normalized spacial score (nSPS) is 12.6. The van der Waals surface area contributed by atoms with Gasteiger partial charge in [-0.2, -0.15) is 0 Å². The van der Waals surface area contributed by atoms with Crippen molar-refractivity contribution in [3.05, 3.63) is 0 Å². The molecule has 6 nitrogen and oxygen atoms in total. The molecule has 0 rings (SSSR count). The third-order valence-corrected chi connectivity index (χ3v) is 1.25. The van der Waals surface area contributed by atoms with Crippen molar-refractivity contribution >= 4 is 12.2 Å². The number of carbonyl (C=O) groups is 2. The Labute approximate surface area is 89.3 Å². The first-order chi connectivity index (χ1) is 6.74. The summed E-state index contributed by atoms with van der Waals surface area (Å²) >= 11 is 0. The van der Waals surface area contributed by atoms with Crippen LogP contribution in [0, 0.1) is 0 Å². The number of hydrogen-bond donors (Lipinski definition) is 2. The first-order valence-corrected chi connectivity index (χ1v) is 4.58. The van der Waals surface area contributed by atoms with Crippen LogP contribution < -0.4 is 10.6 Å². The van der Waals surface area contributed by atoms with Gasteiger partial charge >= 0.3 is 12.2 Å². The summed E-state index contributed by atoms with van der Waals surface area (Å²) in [5.74, 6) is 0. The fourth-order valence-corrected chi connectivity index (χ4v) is 0.756. The van der Waals surface area contributed by atoms with Gasteiger partial charge in [0.1, 0.15) is 11.8 Å². The molecule has 2 N–H and O–H groups in total. The Hall–Kier alpha value is -1.46. The quantitative estimate of drug-likeness (QED) is 0.683. The van der Waals surface area contributed by atoms with Gasteiger partial charge in [0.25, 0.3) is 0 Å². The Morgan fingerprint density at radius 3 is 2.00 bits per heavy atom. The first-order valence-electron chi connectivity index (χ1n) is 4.58. The molecule has 0 saturated carbocycles. The minimum atomic E-state index is -0.612. The van der Waals surface area contributed by atoms with Crippen LogP contribution in [0.3, 0.4) is 0 Å². The van der Waals surface area contributed by atoms with E-state index in [1.807, 2.05) is 0 Å². The van der Waals surface area contributed by atoms with E-state index in [0.29, 0.717) is 0 Å². The average Bonchev–Trinajstić information content (AvgIpc) is 1.99. The van der Waals surface area contributed by atoms with E-state index < -0.39 is 24.0 Å². The van der Waals surface area contributed by atoms with Gasteiger partial charge in [-0.25, -0.2) is 9.59 Å². The van der Waals surface area contributed by atoms with E-state index in [-0.39, 0.29) is 0 Å². The number of carbonyl (C=O) groups excluding carboxylic acids is 2. The van der Waals surface area contributed by atoms with Crippen molar-refractivity contribution in [1.82, 2.24) is 10.6 Å². The molecule has 0 aromatic heterocycles. The van der Waals surface area contributed by atoms with Crippen LogP contribution in [0.1, 0.15) is 27.7 Å². The van der Waals surface area contributed by atoms with Crippen LogP contribution in [0.25, 0.3) is 0 Å².